The van der Waals surface area contributed by atoms with Crippen LogP contribution in [0.3, 0.4) is 0 Å². The lowest BCUT2D eigenvalue weighted by Crippen LogP contribution is -2.47. The Hall–Kier alpha value is -0.840. The summed E-state index contributed by atoms with van der Waals surface area (Å²) in [5.74, 6) is 2.06. The molecule has 0 radical (unpaired) electrons. The molecule has 2 rings (SSSR count). The summed E-state index contributed by atoms with van der Waals surface area (Å²) in [6, 6.07) is 4.14. The van der Waals surface area contributed by atoms with Gasteiger partial charge in [0.05, 0.1) is 25.3 Å². The molecular weight excluding hydrogens is 228 g/mol. The molecule has 4 nitrogen and oxygen atoms in total. The third-order valence-corrected chi connectivity index (χ3v) is 3.15. The van der Waals surface area contributed by atoms with Crippen molar-refractivity contribution in [2.75, 3.05) is 26.2 Å². The first-order valence-electron chi connectivity index (χ1n) is 6.74. The molecule has 1 fully saturated rings. The molecule has 0 amide bonds. The van der Waals surface area contributed by atoms with Gasteiger partial charge in [0.25, 0.3) is 0 Å². The molecule has 0 spiro atoms. The summed E-state index contributed by atoms with van der Waals surface area (Å²) >= 11 is 0. The van der Waals surface area contributed by atoms with Crippen molar-refractivity contribution in [3.63, 3.8) is 0 Å². The highest BCUT2D eigenvalue weighted by Gasteiger charge is 2.27. The number of hydrogen-bond acceptors (Lipinski definition) is 4. The fourth-order valence-electron chi connectivity index (χ4n) is 2.32. The van der Waals surface area contributed by atoms with Crippen LogP contribution in [0.4, 0.5) is 0 Å². The van der Waals surface area contributed by atoms with Crippen LogP contribution in [-0.4, -0.2) is 36.7 Å². The largest absolute Gasteiger partial charge is 0.463 e. The third kappa shape index (κ3) is 3.83. The Bertz CT molecular complexity index is 374. The Morgan fingerprint density at radius 3 is 2.83 bits per heavy atom. The second-order valence-electron chi connectivity index (χ2n) is 5.47. The summed E-state index contributed by atoms with van der Waals surface area (Å²) in [4.78, 5) is 2.39. The molecule has 0 atom stereocenters. The summed E-state index contributed by atoms with van der Waals surface area (Å²) in [5.41, 5.74) is -0.0442. The molecule has 1 aliphatic heterocycles. The highest BCUT2D eigenvalue weighted by Crippen LogP contribution is 2.19. The van der Waals surface area contributed by atoms with E-state index in [4.69, 9.17) is 9.15 Å². The lowest BCUT2D eigenvalue weighted by Gasteiger charge is -2.37. The van der Waals surface area contributed by atoms with Gasteiger partial charge in [-0.05, 0) is 32.5 Å². The van der Waals surface area contributed by atoms with E-state index >= 15 is 0 Å². The van der Waals surface area contributed by atoms with Gasteiger partial charge in [0.2, 0.25) is 0 Å². The maximum Gasteiger partial charge on any atom is 0.118 e. The van der Waals surface area contributed by atoms with Crippen molar-refractivity contribution in [3.8, 4) is 0 Å². The van der Waals surface area contributed by atoms with Crippen molar-refractivity contribution in [2.45, 2.75) is 39.5 Å². The molecule has 0 saturated carbocycles. The van der Waals surface area contributed by atoms with Crippen molar-refractivity contribution in [1.82, 2.24) is 10.2 Å². The second-order valence-corrected chi connectivity index (χ2v) is 5.47. The van der Waals surface area contributed by atoms with Crippen molar-refractivity contribution >= 4 is 0 Å². The van der Waals surface area contributed by atoms with Crippen LogP contribution in [-0.2, 0) is 17.8 Å². The number of furan rings is 1. The van der Waals surface area contributed by atoms with Gasteiger partial charge in [0.15, 0.2) is 0 Å². The van der Waals surface area contributed by atoms with Crippen molar-refractivity contribution in [1.29, 1.82) is 0 Å². The summed E-state index contributed by atoms with van der Waals surface area (Å²) in [5, 5.41) is 3.27. The highest BCUT2D eigenvalue weighted by atomic mass is 16.5. The van der Waals surface area contributed by atoms with Gasteiger partial charge in [-0.3, -0.25) is 4.90 Å². The fraction of sp³-hybridized carbons (Fsp3) is 0.714. The molecule has 18 heavy (non-hydrogen) atoms. The number of nitrogens with one attached hydrogen (secondary N) is 1. The third-order valence-electron chi connectivity index (χ3n) is 3.15. The highest BCUT2D eigenvalue weighted by molar-refractivity contribution is 5.07. The van der Waals surface area contributed by atoms with E-state index < -0.39 is 0 Å². The van der Waals surface area contributed by atoms with E-state index in [0.717, 1.165) is 50.9 Å². The SMILES string of the molecule is CCNCc1ccc(CN2CCOC(C)(C)C2)o1. The topological polar surface area (TPSA) is 37.6 Å². The molecule has 0 unspecified atom stereocenters. The van der Waals surface area contributed by atoms with Gasteiger partial charge in [-0.15, -0.1) is 0 Å². The minimum Gasteiger partial charge on any atom is -0.463 e. The maximum absolute atomic E-state index is 5.81. The predicted molar refractivity (Wildman–Crippen MR) is 71.4 cm³/mol. The average molecular weight is 252 g/mol. The Morgan fingerprint density at radius 2 is 2.11 bits per heavy atom. The molecule has 2 heterocycles. The Balaban J connectivity index is 1.87. The van der Waals surface area contributed by atoms with Crippen molar-refractivity contribution in [3.05, 3.63) is 23.7 Å². The summed E-state index contributed by atoms with van der Waals surface area (Å²) in [6.07, 6.45) is 0. The van der Waals surface area contributed by atoms with Gasteiger partial charge in [-0.25, -0.2) is 0 Å². The molecule has 0 bridgehead atoms. The van der Waals surface area contributed by atoms with E-state index in [-0.39, 0.29) is 5.60 Å². The molecule has 1 aliphatic rings. The van der Waals surface area contributed by atoms with Crippen LogP contribution in [0.25, 0.3) is 0 Å². The monoisotopic (exact) mass is 252 g/mol. The molecule has 4 heteroatoms. The van der Waals surface area contributed by atoms with E-state index in [0.29, 0.717) is 0 Å². The first-order valence-corrected chi connectivity index (χ1v) is 6.74. The average Bonchev–Trinajstić information content (AvgIpc) is 2.73. The number of hydrogen-bond donors (Lipinski definition) is 1. The lowest BCUT2D eigenvalue weighted by atomic mass is 10.1. The lowest BCUT2D eigenvalue weighted by molar-refractivity contribution is -0.0894. The van der Waals surface area contributed by atoms with E-state index in [2.05, 4.69) is 43.1 Å². The Kier molecular flexibility index (Phi) is 4.43. The zero-order chi connectivity index (χ0) is 13.0. The van der Waals surface area contributed by atoms with E-state index in [9.17, 15) is 0 Å². The molecule has 1 saturated heterocycles. The second kappa shape index (κ2) is 5.87. The van der Waals surface area contributed by atoms with Crippen LogP contribution in [0.1, 0.15) is 32.3 Å². The predicted octanol–water partition coefficient (Wildman–Crippen LogP) is 2.00. The van der Waals surface area contributed by atoms with Gasteiger partial charge in [0, 0.05) is 13.1 Å². The van der Waals surface area contributed by atoms with Gasteiger partial charge in [0.1, 0.15) is 11.5 Å². The van der Waals surface area contributed by atoms with Crippen LogP contribution < -0.4 is 5.32 Å². The molecule has 102 valence electrons. The Labute approximate surface area is 109 Å². The maximum atomic E-state index is 5.81. The van der Waals surface area contributed by atoms with Gasteiger partial charge < -0.3 is 14.5 Å². The van der Waals surface area contributed by atoms with Crippen LogP contribution in [0.5, 0.6) is 0 Å². The first-order chi connectivity index (χ1) is 8.59. The smallest absolute Gasteiger partial charge is 0.118 e. The molecule has 0 aromatic carbocycles. The molecule has 1 aromatic rings. The van der Waals surface area contributed by atoms with Gasteiger partial charge >= 0.3 is 0 Å². The van der Waals surface area contributed by atoms with Crippen molar-refractivity contribution in [2.24, 2.45) is 0 Å². The minimum absolute atomic E-state index is 0.0442. The van der Waals surface area contributed by atoms with E-state index in [1.807, 2.05) is 0 Å². The summed E-state index contributed by atoms with van der Waals surface area (Å²) in [7, 11) is 0. The quantitative estimate of drug-likeness (QED) is 0.870. The van der Waals surface area contributed by atoms with Crippen LogP contribution in [0.15, 0.2) is 16.5 Å². The number of nitrogens with zero attached hydrogens (tertiary/aromatic N) is 1. The normalized spacial score (nSPS) is 20.2. The fourth-order valence-corrected chi connectivity index (χ4v) is 2.32. The standard InChI is InChI=1S/C14H24N2O2/c1-4-15-9-12-5-6-13(18-12)10-16-7-8-17-14(2,3)11-16/h5-6,15H,4,7-11H2,1-3H3. The van der Waals surface area contributed by atoms with Gasteiger partial charge in [-0.1, -0.05) is 6.92 Å². The van der Waals surface area contributed by atoms with Crippen LogP contribution >= 0.6 is 0 Å². The van der Waals surface area contributed by atoms with E-state index in [1.165, 1.54) is 0 Å². The van der Waals surface area contributed by atoms with Crippen LogP contribution in [0, 0.1) is 0 Å². The molecule has 1 N–H and O–H groups in total. The molecule has 1 aromatic heterocycles. The Morgan fingerprint density at radius 1 is 1.33 bits per heavy atom. The van der Waals surface area contributed by atoms with Crippen molar-refractivity contribution < 1.29 is 9.15 Å². The number of morpholine rings is 1. The first kappa shape index (κ1) is 13.6. The zero-order valence-corrected chi connectivity index (χ0v) is 11.7. The zero-order valence-electron chi connectivity index (χ0n) is 11.7. The summed E-state index contributed by atoms with van der Waals surface area (Å²) in [6.45, 7) is 11.8. The van der Waals surface area contributed by atoms with E-state index in [1.54, 1.807) is 0 Å². The number of ether oxygens (including phenoxy) is 1. The minimum atomic E-state index is -0.0442. The molecule has 0 aliphatic carbocycles. The number of rotatable bonds is 5. The summed E-state index contributed by atoms with van der Waals surface area (Å²) < 4.78 is 11.5. The molecular formula is C14H24N2O2. The van der Waals surface area contributed by atoms with Crippen LogP contribution in [0.2, 0.25) is 0 Å². The van der Waals surface area contributed by atoms with Gasteiger partial charge in [-0.2, -0.15) is 0 Å².